The topological polar surface area (TPSA) is 214 Å². The summed E-state index contributed by atoms with van der Waals surface area (Å²) in [7, 11) is 0. The highest BCUT2D eigenvalue weighted by Crippen LogP contribution is 2.26. The maximum atomic E-state index is 13.1. The zero-order valence-corrected chi connectivity index (χ0v) is 46.5. The van der Waals surface area contributed by atoms with Crippen LogP contribution in [0.3, 0.4) is 0 Å². The largest absolute Gasteiger partial charge is 0.457 e. The van der Waals surface area contributed by atoms with Crippen molar-refractivity contribution in [2.45, 2.75) is 274 Å². The summed E-state index contributed by atoms with van der Waals surface area (Å²) < 4.78 is 34.4. The van der Waals surface area contributed by atoms with Crippen molar-refractivity contribution in [1.82, 2.24) is 0 Å². The van der Waals surface area contributed by atoms with Crippen LogP contribution in [-0.2, 0) is 33.2 Å². The number of aliphatic hydroxyl groups excluding tert-OH is 7. The molecule has 14 heteroatoms. The van der Waals surface area contributed by atoms with Gasteiger partial charge in [-0.2, -0.15) is 0 Å². The number of ether oxygens (including phenoxy) is 6. The molecule has 0 saturated carbocycles. The zero-order chi connectivity index (χ0) is 54.4. The molecule has 2 aliphatic heterocycles. The number of esters is 1. The number of hydrogen-bond acceptors (Lipinski definition) is 14. The lowest BCUT2D eigenvalue weighted by molar-refractivity contribution is -0.332. The van der Waals surface area contributed by atoms with Crippen molar-refractivity contribution in [3.05, 3.63) is 72.9 Å². The lowest BCUT2D eigenvalue weighted by atomic mass is 9.98. The van der Waals surface area contributed by atoms with E-state index in [9.17, 15) is 40.5 Å². The third-order valence-electron chi connectivity index (χ3n) is 13.7. The van der Waals surface area contributed by atoms with Gasteiger partial charge in [0.05, 0.1) is 26.4 Å². The van der Waals surface area contributed by atoms with Crippen LogP contribution in [0.2, 0.25) is 0 Å². The third kappa shape index (κ3) is 34.1. The van der Waals surface area contributed by atoms with E-state index in [0.717, 1.165) is 83.5 Å². The molecule has 2 saturated heterocycles. The molecule has 2 aliphatic rings. The standard InChI is InChI=1S/C61H106O14/c1-3-5-7-9-11-13-15-17-19-21-23-24-25-26-27-28-30-32-34-36-38-40-42-44-53(63)73-50(47-70-45-43-41-39-37-35-33-31-29-22-20-18-16-14-12-10-8-6-4-2)48-71-60-59(69)57(67)55(65)52(75-60)49-72-61-58(68)56(66)54(64)51(46-62)74-61/h5,7,11-14,17-20,23-24,50-52,54-62,64-69H,3-4,6,8-10,15-16,21-22,25-49H2,1-2H3/b7-5-,13-11-,14-12-,19-17-,20-18-,24-23-. The van der Waals surface area contributed by atoms with Crippen molar-refractivity contribution in [2.24, 2.45) is 0 Å². The van der Waals surface area contributed by atoms with Crippen LogP contribution in [0.25, 0.3) is 0 Å². The minimum absolute atomic E-state index is 0.0531. The van der Waals surface area contributed by atoms with Gasteiger partial charge in [0.25, 0.3) is 0 Å². The van der Waals surface area contributed by atoms with E-state index in [1.165, 1.54) is 96.3 Å². The van der Waals surface area contributed by atoms with Crippen LogP contribution in [-0.4, -0.2) is 142 Å². The van der Waals surface area contributed by atoms with Crippen molar-refractivity contribution in [1.29, 1.82) is 0 Å². The summed E-state index contributed by atoms with van der Waals surface area (Å²) >= 11 is 0. The number of allylic oxidation sites excluding steroid dienone is 12. The van der Waals surface area contributed by atoms with Crippen molar-refractivity contribution in [3.8, 4) is 0 Å². The number of carbonyl (C=O) groups is 1. The molecule has 2 rings (SSSR count). The lowest BCUT2D eigenvalue weighted by Gasteiger charge is -2.42. The average Bonchev–Trinajstić information content (AvgIpc) is 3.41. The molecule has 0 spiro atoms. The number of carbonyl (C=O) groups excluding carboxylic acids is 1. The molecule has 2 fully saturated rings. The Morgan fingerprint density at radius 3 is 1.36 bits per heavy atom. The second-order valence-corrected chi connectivity index (χ2v) is 20.4. The Morgan fingerprint density at radius 2 is 0.867 bits per heavy atom. The minimum Gasteiger partial charge on any atom is -0.457 e. The first-order valence-corrected chi connectivity index (χ1v) is 29.5. The summed E-state index contributed by atoms with van der Waals surface area (Å²) in [5.41, 5.74) is 0. The third-order valence-corrected chi connectivity index (χ3v) is 13.7. The first-order valence-electron chi connectivity index (χ1n) is 29.5. The summed E-state index contributed by atoms with van der Waals surface area (Å²) in [4.78, 5) is 13.1. The molecular weight excluding hydrogens is 957 g/mol. The van der Waals surface area contributed by atoms with Gasteiger partial charge < -0.3 is 64.2 Å². The van der Waals surface area contributed by atoms with Crippen molar-refractivity contribution < 1.29 is 69.0 Å². The second-order valence-electron chi connectivity index (χ2n) is 20.4. The van der Waals surface area contributed by atoms with E-state index in [2.05, 4.69) is 86.8 Å². The molecule has 11 unspecified atom stereocenters. The van der Waals surface area contributed by atoms with Crippen molar-refractivity contribution in [2.75, 3.05) is 33.0 Å². The van der Waals surface area contributed by atoms with Crippen LogP contribution in [0.4, 0.5) is 0 Å². The van der Waals surface area contributed by atoms with E-state index in [0.29, 0.717) is 13.0 Å². The van der Waals surface area contributed by atoms with Crippen molar-refractivity contribution >= 4 is 5.97 Å². The molecule has 75 heavy (non-hydrogen) atoms. The van der Waals surface area contributed by atoms with Gasteiger partial charge in [-0.05, 0) is 83.5 Å². The summed E-state index contributed by atoms with van der Waals surface area (Å²) in [5, 5.41) is 72.4. The van der Waals surface area contributed by atoms with Crippen LogP contribution in [0.15, 0.2) is 72.9 Å². The molecule has 0 bridgehead atoms. The first-order chi connectivity index (χ1) is 36.6. The smallest absolute Gasteiger partial charge is 0.306 e. The van der Waals surface area contributed by atoms with E-state index >= 15 is 0 Å². The highest BCUT2D eigenvalue weighted by Gasteiger charge is 2.47. The van der Waals surface area contributed by atoms with Crippen LogP contribution in [0, 0.1) is 0 Å². The molecule has 0 amide bonds. The Hall–Kier alpha value is -2.57. The first kappa shape index (κ1) is 68.5. The molecular formula is C61H106O14. The molecule has 14 nitrogen and oxygen atoms in total. The summed E-state index contributed by atoms with van der Waals surface area (Å²) in [5.74, 6) is -0.384. The van der Waals surface area contributed by atoms with Gasteiger partial charge >= 0.3 is 5.97 Å². The predicted octanol–water partition coefficient (Wildman–Crippen LogP) is 10.6. The van der Waals surface area contributed by atoms with Crippen LogP contribution in [0.1, 0.15) is 206 Å². The second kappa shape index (κ2) is 47.4. The van der Waals surface area contributed by atoms with Gasteiger partial charge in [-0.25, -0.2) is 0 Å². The summed E-state index contributed by atoms with van der Waals surface area (Å²) in [6, 6.07) is 0. The molecule has 0 aromatic carbocycles. The Labute approximate surface area is 453 Å². The Balaban J connectivity index is 1.71. The van der Waals surface area contributed by atoms with Gasteiger partial charge in [0.1, 0.15) is 54.9 Å². The van der Waals surface area contributed by atoms with Gasteiger partial charge in [0.15, 0.2) is 12.6 Å². The van der Waals surface area contributed by atoms with E-state index < -0.39 is 80.7 Å². The van der Waals surface area contributed by atoms with Gasteiger partial charge in [-0.15, -0.1) is 0 Å². The molecule has 0 aliphatic carbocycles. The molecule has 0 aromatic heterocycles. The van der Waals surface area contributed by atoms with Crippen LogP contribution >= 0.6 is 0 Å². The molecule has 7 N–H and O–H groups in total. The molecule has 2 heterocycles. The molecule has 11 atom stereocenters. The van der Waals surface area contributed by atoms with Crippen LogP contribution in [0.5, 0.6) is 0 Å². The van der Waals surface area contributed by atoms with E-state index in [1.54, 1.807) is 0 Å². The Kier molecular flexibility index (Phi) is 43.3. The fourth-order valence-electron chi connectivity index (χ4n) is 8.95. The molecule has 434 valence electrons. The van der Waals surface area contributed by atoms with Gasteiger partial charge in [-0.3, -0.25) is 4.79 Å². The minimum atomic E-state index is -1.71. The fraction of sp³-hybridized carbons (Fsp3) is 0.787. The number of hydrogen-bond donors (Lipinski definition) is 7. The van der Waals surface area contributed by atoms with Gasteiger partial charge in [0, 0.05) is 13.0 Å². The quantitative estimate of drug-likeness (QED) is 0.0172. The van der Waals surface area contributed by atoms with Crippen molar-refractivity contribution in [3.63, 3.8) is 0 Å². The van der Waals surface area contributed by atoms with E-state index in [-0.39, 0.29) is 25.6 Å². The summed E-state index contributed by atoms with van der Waals surface area (Å²) in [6.45, 7) is 3.54. The van der Waals surface area contributed by atoms with Gasteiger partial charge in [0.2, 0.25) is 0 Å². The monoisotopic (exact) mass is 1060 g/mol. The normalized spacial score (nSPS) is 25.1. The highest BCUT2D eigenvalue weighted by atomic mass is 16.7. The maximum absolute atomic E-state index is 13.1. The SMILES string of the molecule is CC/C=C\C/C=C\C/C=C\C/C=C\CCCCCCCCCCCCC(=O)OC(COCCCCCCCCCC/C=C\C/C=C\CCCCC)COC1OC(COC2OC(CO)C(O)C(O)C2O)C(O)C(O)C1O. The zero-order valence-electron chi connectivity index (χ0n) is 46.5. The highest BCUT2D eigenvalue weighted by molar-refractivity contribution is 5.69. The Bertz CT molecular complexity index is 1510. The molecule has 0 aromatic rings. The molecule has 0 radical (unpaired) electrons. The average molecular weight is 1060 g/mol. The lowest BCUT2D eigenvalue weighted by Crippen LogP contribution is -2.61. The number of unbranched alkanes of at least 4 members (excludes halogenated alkanes) is 21. The van der Waals surface area contributed by atoms with E-state index in [1.807, 2.05) is 0 Å². The van der Waals surface area contributed by atoms with Gasteiger partial charge in [-0.1, -0.05) is 189 Å². The van der Waals surface area contributed by atoms with Crippen LogP contribution < -0.4 is 0 Å². The van der Waals surface area contributed by atoms with E-state index in [4.69, 9.17) is 28.4 Å². The number of aliphatic hydroxyl groups is 7. The fourth-order valence-corrected chi connectivity index (χ4v) is 8.95. The maximum Gasteiger partial charge on any atom is 0.306 e. The summed E-state index contributed by atoms with van der Waals surface area (Å²) in [6.07, 6.45) is 43.8. The number of rotatable bonds is 47. The Morgan fingerprint density at radius 1 is 0.453 bits per heavy atom. The predicted molar refractivity (Wildman–Crippen MR) is 298 cm³/mol.